The standard InChI is InChI=1S/C13H12N2O5/c1-3-19-13(16)11-8(2)14-12(20-11)9-4-6-10(7-5-9)15(17)18/h4-7H,3H2,1-2H3. The highest BCUT2D eigenvalue weighted by molar-refractivity contribution is 5.87. The van der Waals surface area contributed by atoms with Gasteiger partial charge in [0.25, 0.3) is 5.69 Å². The number of aromatic nitrogens is 1. The molecule has 0 bridgehead atoms. The van der Waals surface area contributed by atoms with Crippen LogP contribution in [0.4, 0.5) is 5.69 Å². The molecule has 0 N–H and O–H groups in total. The average molecular weight is 276 g/mol. The Morgan fingerprint density at radius 1 is 1.40 bits per heavy atom. The maximum absolute atomic E-state index is 11.6. The summed E-state index contributed by atoms with van der Waals surface area (Å²) in [7, 11) is 0. The number of carbonyl (C=O) groups is 1. The van der Waals surface area contributed by atoms with E-state index >= 15 is 0 Å². The first-order valence-corrected chi connectivity index (χ1v) is 5.92. The van der Waals surface area contributed by atoms with Gasteiger partial charge in [0.2, 0.25) is 11.7 Å². The summed E-state index contributed by atoms with van der Waals surface area (Å²) in [4.78, 5) is 25.8. The first kappa shape index (κ1) is 13.7. The molecule has 0 amide bonds. The molecule has 2 aromatic rings. The van der Waals surface area contributed by atoms with Crippen molar-refractivity contribution < 1.29 is 18.9 Å². The minimum Gasteiger partial charge on any atom is -0.460 e. The molecule has 0 atom stereocenters. The third-order valence-electron chi connectivity index (χ3n) is 2.58. The van der Waals surface area contributed by atoms with E-state index in [0.29, 0.717) is 11.3 Å². The van der Waals surface area contributed by atoms with E-state index in [1.165, 1.54) is 24.3 Å². The number of ether oxygens (including phenoxy) is 1. The van der Waals surface area contributed by atoms with Gasteiger partial charge in [-0.25, -0.2) is 9.78 Å². The van der Waals surface area contributed by atoms with Crippen LogP contribution in [0.3, 0.4) is 0 Å². The minimum atomic E-state index is -0.578. The number of non-ortho nitro benzene ring substituents is 1. The van der Waals surface area contributed by atoms with Gasteiger partial charge in [0.15, 0.2) is 0 Å². The molecule has 2 rings (SSSR count). The van der Waals surface area contributed by atoms with E-state index < -0.39 is 10.9 Å². The Morgan fingerprint density at radius 3 is 2.60 bits per heavy atom. The van der Waals surface area contributed by atoms with Crippen LogP contribution < -0.4 is 0 Å². The van der Waals surface area contributed by atoms with Crippen LogP contribution in [0.1, 0.15) is 23.2 Å². The van der Waals surface area contributed by atoms with Crippen LogP contribution in [-0.4, -0.2) is 22.5 Å². The van der Waals surface area contributed by atoms with Gasteiger partial charge in [-0.3, -0.25) is 10.1 Å². The number of hydrogen-bond acceptors (Lipinski definition) is 6. The van der Waals surface area contributed by atoms with Crippen LogP contribution in [-0.2, 0) is 4.74 Å². The zero-order chi connectivity index (χ0) is 14.7. The third-order valence-corrected chi connectivity index (χ3v) is 2.58. The molecule has 0 saturated carbocycles. The topological polar surface area (TPSA) is 95.5 Å². The molecule has 0 aliphatic heterocycles. The van der Waals surface area contributed by atoms with E-state index in [0.717, 1.165) is 0 Å². The molecule has 0 radical (unpaired) electrons. The van der Waals surface area contributed by atoms with E-state index in [1.807, 2.05) is 0 Å². The Balaban J connectivity index is 2.32. The fraction of sp³-hybridized carbons (Fsp3) is 0.231. The van der Waals surface area contributed by atoms with E-state index in [1.54, 1.807) is 13.8 Å². The molecule has 0 saturated heterocycles. The Bertz CT molecular complexity index is 645. The number of rotatable bonds is 4. The van der Waals surface area contributed by atoms with Gasteiger partial charge < -0.3 is 9.15 Å². The second-order valence-corrected chi connectivity index (χ2v) is 3.96. The molecule has 0 aliphatic carbocycles. The number of hydrogen-bond donors (Lipinski definition) is 0. The summed E-state index contributed by atoms with van der Waals surface area (Å²) in [6, 6.07) is 5.72. The summed E-state index contributed by atoms with van der Waals surface area (Å²) in [5.74, 6) is -0.314. The second kappa shape index (κ2) is 5.52. The highest BCUT2D eigenvalue weighted by atomic mass is 16.6. The van der Waals surface area contributed by atoms with E-state index in [2.05, 4.69) is 4.98 Å². The predicted octanol–water partition coefficient (Wildman–Crippen LogP) is 2.73. The van der Waals surface area contributed by atoms with Crippen molar-refractivity contribution in [2.45, 2.75) is 13.8 Å². The molecule has 1 heterocycles. The Morgan fingerprint density at radius 2 is 2.05 bits per heavy atom. The molecule has 104 valence electrons. The number of esters is 1. The molecule has 7 heteroatoms. The number of carbonyl (C=O) groups excluding carboxylic acids is 1. The molecule has 0 aliphatic rings. The lowest BCUT2D eigenvalue weighted by Crippen LogP contribution is -2.04. The maximum atomic E-state index is 11.6. The molecule has 0 unspecified atom stereocenters. The van der Waals surface area contributed by atoms with Crippen molar-refractivity contribution in [2.24, 2.45) is 0 Å². The van der Waals surface area contributed by atoms with Gasteiger partial charge >= 0.3 is 5.97 Å². The Hall–Kier alpha value is -2.70. The first-order chi connectivity index (χ1) is 9.52. The SMILES string of the molecule is CCOC(=O)c1oc(-c2ccc([N+](=O)[O-])cc2)nc1C. The fourth-order valence-electron chi connectivity index (χ4n) is 1.63. The number of nitrogens with zero attached hydrogens (tertiary/aromatic N) is 2. The number of benzene rings is 1. The zero-order valence-corrected chi connectivity index (χ0v) is 11.0. The van der Waals surface area contributed by atoms with Crippen molar-refractivity contribution in [1.29, 1.82) is 0 Å². The average Bonchev–Trinajstić information content (AvgIpc) is 2.81. The fourth-order valence-corrected chi connectivity index (χ4v) is 1.63. The van der Waals surface area contributed by atoms with Crippen molar-refractivity contribution in [1.82, 2.24) is 4.98 Å². The largest absolute Gasteiger partial charge is 0.460 e. The van der Waals surface area contributed by atoms with Crippen LogP contribution in [0.15, 0.2) is 28.7 Å². The Labute approximate surface area is 114 Å². The van der Waals surface area contributed by atoms with Gasteiger partial charge in [-0.1, -0.05) is 0 Å². The minimum absolute atomic E-state index is 0.0253. The summed E-state index contributed by atoms with van der Waals surface area (Å²) >= 11 is 0. The van der Waals surface area contributed by atoms with Crippen LogP contribution in [0, 0.1) is 17.0 Å². The van der Waals surface area contributed by atoms with Crippen LogP contribution in [0.2, 0.25) is 0 Å². The quantitative estimate of drug-likeness (QED) is 0.484. The highest BCUT2D eigenvalue weighted by Crippen LogP contribution is 2.24. The number of nitro groups is 1. The normalized spacial score (nSPS) is 10.3. The lowest BCUT2D eigenvalue weighted by Gasteiger charge is -1.97. The van der Waals surface area contributed by atoms with Crippen molar-refractivity contribution in [3.63, 3.8) is 0 Å². The molecule has 0 fully saturated rings. The summed E-state index contributed by atoms with van der Waals surface area (Å²) in [6.45, 7) is 3.57. The summed E-state index contributed by atoms with van der Waals surface area (Å²) < 4.78 is 10.2. The van der Waals surface area contributed by atoms with Gasteiger partial charge in [0.05, 0.1) is 17.2 Å². The van der Waals surface area contributed by atoms with Crippen molar-refractivity contribution in [2.75, 3.05) is 6.61 Å². The van der Waals surface area contributed by atoms with E-state index in [4.69, 9.17) is 9.15 Å². The van der Waals surface area contributed by atoms with Gasteiger partial charge in [0, 0.05) is 17.7 Å². The van der Waals surface area contributed by atoms with Gasteiger partial charge in [-0.05, 0) is 26.0 Å². The second-order valence-electron chi connectivity index (χ2n) is 3.96. The van der Waals surface area contributed by atoms with Crippen molar-refractivity contribution in [3.8, 4) is 11.5 Å². The lowest BCUT2D eigenvalue weighted by molar-refractivity contribution is -0.384. The predicted molar refractivity (Wildman–Crippen MR) is 69.3 cm³/mol. The summed E-state index contributed by atoms with van der Waals surface area (Å²) in [5, 5.41) is 10.6. The number of oxazole rings is 1. The molecule has 0 spiro atoms. The lowest BCUT2D eigenvalue weighted by atomic mass is 10.2. The van der Waals surface area contributed by atoms with Crippen molar-refractivity contribution >= 4 is 11.7 Å². The third kappa shape index (κ3) is 2.66. The molecule has 1 aromatic carbocycles. The number of aryl methyl sites for hydroxylation is 1. The van der Waals surface area contributed by atoms with Crippen LogP contribution in [0.5, 0.6) is 0 Å². The van der Waals surface area contributed by atoms with Crippen LogP contribution in [0.25, 0.3) is 11.5 Å². The van der Waals surface area contributed by atoms with E-state index in [-0.39, 0.29) is 23.9 Å². The van der Waals surface area contributed by atoms with Gasteiger partial charge in [-0.15, -0.1) is 0 Å². The molecular weight excluding hydrogens is 264 g/mol. The zero-order valence-electron chi connectivity index (χ0n) is 11.0. The molecule has 7 nitrogen and oxygen atoms in total. The smallest absolute Gasteiger partial charge is 0.376 e. The van der Waals surface area contributed by atoms with Crippen molar-refractivity contribution in [3.05, 3.63) is 45.8 Å². The maximum Gasteiger partial charge on any atom is 0.376 e. The first-order valence-electron chi connectivity index (χ1n) is 5.92. The molecular formula is C13H12N2O5. The van der Waals surface area contributed by atoms with E-state index in [9.17, 15) is 14.9 Å². The molecule has 20 heavy (non-hydrogen) atoms. The highest BCUT2D eigenvalue weighted by Gasteiger charge is 2.19. The summed E-state index contributed by atoms with van der Waals surface area (Å²) in [5.41, 5.74) is 0.939. The van der Waals surface area contributed by atoms with Gasteiger partial charge in [0.1, 0.15) is 0 Å². The molecule has 1 aromatic heterocycles. The van der Waals surface area contributed by atoms with Crippen LogP contribution >= 0.6 is 0 Å². The number of nitro benzene ring substituents is 1. The Kier molecular flexibility index (Phi) is 3.79. The summed E-state index contributed by atoms with van der Waals surface area (Å²) in [6.07, 6.45) is 0. The van der Waals surface area contributed by atoms with Gasteiger partial charge in [-0.2, -0.15) is 0 Å². The monoisotopic (exact) mass is 276 g/mol.